The Morgan fingerprint density at radius 2 is 2.19 bits per heavy atom. The van der Waals surface area contributed by atoms with Crippen LogP contribution in [0.2, 0.25) is 0 Å². The zero-order chi connectivity index (χ0) is 15.6. The number of nitrogens with one attached hydrogen (secondary N) is 2. The van der Waals surface area contributed by atoms with Crippen LogP contribution in [0.25, 0.3) is 0 Å². The summed E-state index contributed by atoms with van der Waals surface area (Å²) in [4.78, 5) is 8.13. The fourth-order valence-electron chi connectivity index (χ4n) is 1.78. The molecule has 0 aliphatic heterocycles. The van der Waals surface area contributed by atoms with Crippen LogP contribution in [0, 0.1) is 6.92 Å². The molecule has 2 aromatic rings. The van der Waals surface area contributed by atoms with Gasteiger partial charge in [0.1, 0.15) is 5.82 Å². The van der Waals surface area contributed by atoms with Crippen LogP contribution in [0.15, 0.2) is 16.4 Å². The van der Waals surface area contributed by atoms with Crippen LogP contribution < -0.4 is 4.72 Å². The maximum absolute atomic E-state index is 12.4. The lowest BCUT2D eigenvalue weighted by Crippen LogP contribution is -2.18. The van der Waals surface area contributed by atoms with Crippen molar-refractivity contribution in [3.05, 3.63) is 12.0 Å². The minimum atomic E-state index is -3.74. The molecule has 0 unspecified atom stereocenters. The molecule has 2 rings (SSSR count). The van der Waals surface area contributed by atoms with E-state index >= 15 is 0 Å². The quantitative estimate of drug-likeness (QED) is 0.780. The molecular formula is C11H18N6O2S2. The molecule has 0 radical (unpaired) electrons. The first-order valence-corrected chi connectivity index (χ1v) is 8.83. The summed E-state index contributed by atoms with van der Waals surface area (Å²) in [5.41, 5.74) is 0. The van der Waals surface area contributed by atoms with Crippen molar-refractivity contribution in [1.82, 2.24) is 24.7 Å². The number of H-pyrrole nitrogens is 1. The number of hydrogen-bond donors (Lipinski definition) is 2. The molecule has 2 aromatic heterocycles. The fraction of sp³-hybridized carbons (Fsp3) is 0.545. The fourth-order valence-corrected chi connectivity index (χ4v) is 3.64. The average Bonchev–Trinajstić information content (AvgIpc) is 2.95. The third-order valence-corrected chi connectivity index (χ3v) is 4.85. The number of hydrogen-bond acceptors (Lipinski definition) is 6. The minimum absolute atomic E-state index is 0.0969. The molecule has 0 fully saturated rings. The van der Waals surface area contributed by atoms with Gasteiger partial charge < -0.3 is 4.57 Å². The number of rotatable bonds is 6. The summed E-state index contributed by atoms with van der Waals surface area (Å²) in [5.74, 6) is 0.742. The summed E-state index contributed by atoms with van der Waals surface area (Å²) < 4.78 is 28.7. The molecular weight excluding hydrogens is 312 g/mol. The monoisotopic (exact) mass is 330 g/mol. The van der Waals surface area contributed by atoms with Gasteiger partial charge in [0.15, 0.2) is 5.03 Å². The van der Waals surface area contributed by atoms with Gasteiger partial charge in [-0.1, -0.05) is 25.6 Å². The molecule has 2 heterocycles. The van der Waals surface area contributed by atoms with Crippen molar-refractivity contribution in [3.8, 4) is 0 Å². The smallest absolute Gasteiger partial charge is 0.281 e. The normalized spacial score (nSPS) is 12.0. The minimum Gasteiger partial charge on any atom is -0.318 e. The first-order valence-electron chi connectivity index (χ1n) is 6.47. The number of sulfonamides is 1. The summed E-state index contributed by atoms with van der Waals surface area (Å²) in [6, 6.07) is 0. The van der Waals surface area contributed by atoms with Gasteiger partial charge in [0.2, 0.25) is 11.1 Å². The van der Waals surface area contributed by atoms with Crippen molar-refractivity contribution in [2.45, 2.75) is 49.7 Å². The van der Waals surface area contributed by atoms with Gasteiger partial charge in [0, 0.05) is 11.8 Å². The second-order valence-electron chi connectivity index (χ2n) is 4.63. The van der Waals surface area contributed by atoms with Gasteiger partial charge in [-0.05, 0) is 13.8 Å². The molecule has 0 atom stereocenters. The van der Waals surface area contributed by atoms with E-state index in [1.54, 1.807) is 11.5 Å². The zero-order valence-electron chi connectivity index (χ0n) is 12.3. The maximum Gasteiger partial charge on any atom is 0.281 e. The largest absolute Gasteiger partial charge is 0.318 e. The average molecular weight is 330 g/mol. The van der Waals surface area contributed by atoms with E-state index in [0.717, 1.165) is 0 Å². The van der Waals surface area contributed by atoms with Gasteiger partial charge in [-0.2, -0.15) is 13.4 Å². The van der Waals surface area contributed by atoms with Crippen LogP contribution in [0.4, 0.5) is 5.95 Å². The van der Waals surface area contributed by atoms with Gasteiger partial charge in [-0.15, -0.1) is 5.10 Å². The van der Waals surface area contributed by atoms with Gasteiger partial charge in [-0.25, -0.2) is 14.8 Å². The summed E-state index contributed by atoms with van der Waals surface area (Å²) in [5, 5.41) is 7.46. The molecule has 0 aliphatic carbocycles. The Morgan fingerprint density at radius 1 is 1.48 bits per heavy atom. The Labute approximate surface area is 127 Å². The molecule has 0 aromatic carbocycles. The van der Waals surface area contributed by atoms with E-state index in [-0.39, 0.29) is 11.0 Å². The molecule has 2 N–H and O–H groups in total. The molecule has 21 heavy (non-hydrogen) atoms. The molecule has 10 heteroatoms. The van der Waals surface area contributed by atoms with E-state index in [1.165, 1.54) is 18.0 Å². The zero-order valence-corrected chi connectivity index (χ0v) is 13.9. The predicted molar refractivity (Wildman–Crippen MR) is 80.8 cm³/mol. The predicted octanol–water partition coefficient (Wildman–Crippen LogP) is 1.63. The van der Waals surface area contributed by atoms with E-state index in [2.05, 4.69) is 24.9 Å². The maximum atomic E-state index is 12.4. The van der Waals surface area contributed by atoms with E-state index in [0.29, 0.717) is 22.8 Å². The number of aromatic amines is 1. The molecule has 0 spiro atoms. The third kappa shape index (κ3) is 3.56. The SMILES string of the molecule is CCn1c(S(=O)(=O)Nc2nc(SC(C)C)n[nH]2)cnc1C. The van der Waals surface area contributed by atoms with E-state index in [4.69, 9.17) is 0 Å². The van der Waals surface area contributed by atoms with Crippen molar-refractivity contribution in [1.29, 1.82) is 0 Å². The molecule has 116 valence electrons. The Morgan fingerprint density at radius 3 is 2.81 bits per heavy atom. The Bertz CT molecular complexity index is 719. The van der Waals surface area contributed by atoms with E-state index in [9.17, 15) is 8.42 Å². The highest BCUT2D eigenvalue weighted by atomic mass is 32.2. The van der Waals surface area contributed by atoms with E-state index < -0.39 is 10.0 Å². The van der Waals surface area contributed by atoms with Gasteiger partial charge >= 0.3 is 0 Å². The second kappa shape index (κ2) is 6.06. The van der Waals surface area contributed by atoms with Crippen LogP contribution in [0.3, 0.4) is 0 Å². The molecule has 0 saturated carbocycles. The molecule has 0 aliphatic rings. The van der Waals surface area contributed by atoms with Crippen molar-refractivity contribution in [2.24, 2.45) is 0 Å². The highest BCUT2D eigenvalue weighted by molar-refractivity contribution is 7.99. The van der Waals surface area contributed by atoms with Crippen molar-refractivity contribution >= 4 is 27.7 Å². The second-order valence-corrected chi connectivity index (χ2v) is 7.80. The summed E-state index contributed by atoms with van der Waals surface area (Å²) >= 11 is 1.45. The van der Waals surface area contributed by atoms with Gasteiger partial charge in [0.05, 0.1) is 6.20 Å². The van der Waals surface area contributed by atoms with Crippen LogP contribution in [-0.2, 0) is 16.6 Å². The van der Waals surface area contributed by atoms with Crippen LogP contribution in [0.1, 0.15) is 26.6 Å². The van der Waals surface area contributed by atoms with Crippen LogP contribution in [0.5, 0.6) is 0 Å². The number of aryl methyl sites for hydroxylation is 1. The Kier molecular flexibility index (Phi) is 4.57. The number of thioether (sulfide) groups is 1. The Hall–Kier alpha value is -1.55. The lowest BCUT2D eigenvalue weighted by molar-refractivity contribution is 0.579. The lowest BCUT2D eigenvalue weighted by atomic mass is 10.6. The van der Waals surface area contributed by atoms with Gasteiger partial charge in [-0.3, -0.25) is 0 Å². The molecule has 0 bridgehead atoms. The molecule has 8 nitrogen and oxygen atoms in total. The first-order chi connectivity index (χ1) is 9.83. The highest BCUT2D eigenvalue weighted by Gasteiger charge is 2.22. The number of imidazole rings is 1. The number of anilines is 1. The van der Waals surface area contributed by atoms with Crippen LogP contribution in [-0.4, -0.2) is 38.4 Å². The lowest BCUT2D eigenvalue weighted by Gasteiger charge is -2.08. The highest BCUT2D eigenvalue weighted by Crippen LogP contribution is 2.20. The van der Waals surface area contributed by atoms with E-state index in [1.807, 2.05) is 20.8 Å². The summed E-state index contributed by atoms with van der Waals surface area (Å²) in [7, 11) is -3.74. The number of aromatic nitrogens is 5. The Balaban J connectivity index is 2.23. The van der Waals surface area contributed by atoms with Crippen LogP contribution >= 0.6 is 11.8 Å². The number of nitrogens with zero attached hydrogens (tertiary/aromatic N) is 4. The van der Waals surface area contributed by atoms with Crippen molar-refractivity contribution in [2.75, 3.05) is 4.72 Å². The standard InChI is InChI=1S/C11H18N6O2S2/c1-5-17-8(4)12-6-9(17)21(18,19)16-10-13-11(15-14-10)20-7(2)3/h6-7H,5H2,1-4H3,(H2,13,14,15,16). The summed E-state index contributed by atoms with van der Waals surface area (Å²) in [6.45, 7) is 8.15. The summed E-state index contributed by atoms with van der Waals surface area (Å²) in [6.07, 6.45) is 1.33. The van der Waals surface area contributed by atoms with Crippen molar-refractivity contribution < 1.29 is 8.42 Å². The van der Waals surface area contributed by atoms with Crippen molar-refractivity contribution in [3.63, 3.8) is 0 Å². The molecule has 0 amide bonds. The first kappa shape index (κ1) is 15.8. The third-order valence-electron chi connectivity index (χ3n) is 2.65. The van der Waals surface area contributed by atoms with Gasteiger partial charge in [0.25, 0.3) is 10.0 Å². The molecule has 0 saturated heterocycles. The topological polar surface area (TPSA) is 106 Å².